The molecule has 1 aliphatic rings. The highest BCUT2D eigenvalue weighted by Crippen LogP contribution is 2.24. The molecule has 3 nitrogen and oxygen atoms in total. The Morgan fingerprint density at radius 1 is 1.05 bits per heavy atom. The molecule has 0 atom stereocenters. The second-order valence-corrected chi connectivity index (χ2v) is 6.10. The quantitative estimate of drug-likeness (QED) is 0.860. The zero-order valence-corrected chi connectivity index (χ0v) is 13.0. The third-order valence-corrected chi connectivity index (χ3v) is 4.37. The van der Waals surface area contributed by atoms with Crippen molar-refractivity contribution in [2.75, 3.05) is 18.0 Å². The Morgan fingerprint density at radius 2 is 1.71 bits per heavy atom. The summed E-state index contributed by atoms with van der Waals surface area (Å²) in [6.45, 7) is 2.14. The number of aromatic nitrogens is 1. The Hall–Kier alpha value is -1.68. The highest BCUT2D eigenvalue weighted by molar-refractivity contribution is 7.80. The van der Waals surface area contributed by atoms with E-state index in [2.05, 4.69) is 11.0 Å². The zero-order valence-electron chi connectivity index (χ0n) is 12.2. The van der Waals surface area contributed by atoms with E-state index >= 15 is 0 Å². The van der Waals surface area contributed by atoms with Gasteiger partial charge in [0.25, 0.3) is 0 Å². The predicted octanol–water partition coefficient (Wildman–Crippen LogP) is 3.64. The molecule has 2 aromatic rings. The molecule has 1 fully saturated rings. The van der Waals surface area contributed by atoms with Crippen LogP contribution < -0.4 is 10.6 Å². The van der Waals surface area contributed by atoms with Gasteiger partial charge in [-0.15, -0.1) is 0 Å². The number of nitrogens with zero attached hydrogens (tertiary/aromatic N) is 2. The van der Waals surface area contributed by atoms with E-state index < -0.39 is 0 Å². The second-order valence-electron chi connectivity index (χ2n) is 5.66. The van der Waals surface area contributed by atoms with Crippen LogP contribution in [0.25, 0.3) is 10.9 Å². The third-order valence-electron chi connectivity index (χ3n) is 4.15. The first-order valence-corrected chi connectivity index (χ1v) is 8.11. The fourth-order valence-electron chi connectivity index (χ4n) is 3.00. The van der Waals surface area contributed by atoms with Gasteiger partial charge in [0.15, 0.2) is 0 Å². The van der Waals surface area contributed by atoms with Crippen LogP contribution in [0.3, 0.4) is 0 Å². The number of rotatable bonds is 2. The van der Waals surface area contributed by atoms with Crippen molar-refractivity contribution in [3.63, 3.8) is 0 Å². The Labute approximate surface area is 131 Å². The molecule has 110 valence electrons. The lowest BCUT2D eigenvalue weighted by atomic mass is 10.1. The summed E-state index contributed by atoms with van der Waals surface area (Å²) in [5.74, 6) is 1.01. The molecule has 0 amide bonds. The third kappa shape index (κ3) is 3.16. The Bertz CT molecular complexity index is 646. The van der Waals surface area contributed by atoms with Gasteiger partial charge in [0.05, 0.1) is 5.52 Å². The van der Waals surface area contributed by atoms with Crippen molar-refractivity contribution in [2.45, 2.75) is 32.1 Å². The van der Waals surface area contributed by atoms with Gasteiger partial charge >= 0.3 is 0 Å². The van der Waals surface area contributed by atoms with Gasteiger partial charge in [0, 0.05) is 24.0 Å². The normalized spacial score (nSPS) is 16.5. The van der Waals surface area contributed by atoms with Crippen LogP contribution in [-0.4, -0.2) is 23.1 Å². The number of fused-ring (bicyclic) bond motifs is 1. The fourth-order valence-corrected chi connectivity index (χ4v) is 3.17. The van der Waals surface area contributed by atoms with E-state index in [9.17, 15) is 0 Å². The smallest absolute Gasteiger partial charge is 0.129 e. The lowest BCUT2D eigenvalue weighted by Gasteiger charge is -2.26. The fraction of sp³-hybridized carbons (Fsp3) is 0.412. The molecule has 0 aliphatic carbocycles. The summed E-state index contributed by atoms with van der Waals surface area (Å²) in [6, 6.07) is 10.1. The molecule has 2 heterocycles. The van der Waals surface area contributed by atoms with Gasteiger partial charge in [-0.1, -0.05) is 49.7 Å². The van der Waals surface area contributed by atoms with Crippen molar-refractivity contribution in [1.82, 2.24) is 4.98 Å². The van der Waals surface area contributed by atoms with Crippen LogP contribution in [0.1, 0.15) is 37.7 Å². The van der Waals surface area contributed by atoms with Crippen molar-refractivity contribution in [1.29, 1.82) is 0 Å². The minimum absolute atomic E-state index is 0.446. The molecule has 3 rings (SSSR count). The minimum Gasteiger partial charge on any atom is -0.389 e. The molecule has 2 N–H and O–H groups in total. The van der Waals surface area contributed by atoms with E-state index in [1.807, 2.05) is 24.3 Å². The largest absolute Gasteiger partial charge is 0.389 e. The molecule has 4 heteroatoms. The number of hydrogen-bond acceptors (Lipinski definition) is 3. The van der Waals surface area contributed by atoms with E-state index in [4.69, 9.17) is 22.9 Å². The molecule has 0 spiro atoms. The van der Waals surface area contributed by atoms with E-state index in [1.54, 1.807) is 0 Å². The van der Waals surface area contributed by atoms with Crippen LogP contribution in [0.15, 0.2) is 30.3 Å². The second kappa shape index (κ2) is 6.39. The summed E-state index contributed by atoms with van der Waals surface area (Å²) in [7, 11) is 0. The van der Waals surface area contributed by atoms with Crippen LogP contribution in [0.4, 0.5) is 5.82 Å². The molecule has 0 bridgehead atoms. The average Bonchev–Trinajstić information content (AvgIpc) is 2.45. The lowest BCUT2D eigenvalue weighted by Crippen LogP contribution is -2.28. The number of nitrogens with two attached hydrogens (primary N) is 1. The van der Waals surface area contributed by atoms with E-state index in [1.165, 1.54) is 32.1 Å². The van der Waals surface area contributed by atoms with Crippen LogP contribution in [0.2, 0.25) is 0 Å². The summed E-state index contributed by atoms with van der Waals surface area (Å²) in [5, 5.41) is 1.04. The number of thiocarbonyl (C=S) groups is 1. The van der Waals surface area contributed by atoms with Crippen molar-refractivity contribution in [3.05, 3.63) is 35.9 Å². The molecular weight excluding hydrogens is 278 g/mol. The maximum Gasteiger partial charge on any atom is 0.129 e. The summed E-state index contributed by atoms with van der Waals surface area (Å²) >= 11 is 5.23. The van der Waals surface area contributed by atoms with Crippen molar-refractivity contribution in [3.8, 4) is 0 Å². The first kappa shape index (κ1) is 14.3. The van der Waals surface area contributed by atoms with Gasteiger partial charge in [-0.2, -0.15) is 0 Å². The number of pyridine rings is 1. The topological polar surface area (TPSA) is 42.1 Å². The maximum atomic E-state index is 5.92. The molecule has 21 heavy (non-hydrogen) atoms. The molecular formula is C17H21N3S. The number of anilines is 1. The summed E-state index contributed by atoms with van der Waals surface area (Å²) in [6.07, 6.45) is 6.45. The van der Waals surface area contributed by atoms with Gasteiger partial charge in [0.1, 0.15) is 10.8 Å². The summed E-state index contributed by atoms with van der Waals surface area (Å²) in [5.41, 5.74) is 7.83. The highest BCUT2D eigenvalue weighted by atomic mass is 32.1. The highest BCUT2D eigenvalue weighted by Gasteiger charge is 2.14. The number of benzene rings is 1. The first-order chi connectivity index (χ1) is 10.3. The van der Waals surface area contributed by atoms with Crippen molar-refractivity contribution in [2.24, 2.45) is 5.73 Å². The van der Waals surface area contributed by atoms with Crippen LogP contribution in [-0.2, 0) is 0 Å². The van der Waals surface area contributed by atoms with Gasteiger partial charge in [-0.25, -0.2) is 4.98 Å². The summed E-state index contributed by atoms with van der Waals surface area (Å²) in [4.78, 5) is 7.65. The molecule has 1 aromatic carbocycles. The average molecular weight is 299 g/mol. The molecule has 1 aromatic heterocycles. The molecule has 0 radical (unpaired) electrons. The van der Waals surface area contributed by atoms with E-state index in [0.29, 0.717) is 4.99 Å². The van der Waals surface area contributed by atoms with Crippen LogP contribution in [0, 0.1) is 0 Å². The maximum absolute atomic E-state index is 5.92. The number of para-hydroxylation sites is 1. The van der Waals surface area contributed by atoms with Crippen molar-refractivity contribution >= 4 is 33.9 Å². The number of hydrogen-bond donors (Lipinski definition) is 1. The minimum atomic E-state index is 0.446. The summed E-state index contributed by atoms with van der Waals surface area (Å²) < 4.78 is 0. The zero-order chi connectivity index (χ0) is 14.7. The Morgan fingerprint density at radius 3 is 2.43 bits per heavy atom. The van der Waals surface area contributed by atoms with Crippen LogP contribution in [0.5, 0.6) is 0 Å². The van der Waals surface area contributed by atoms with Gasteiger partial charge in [0.2, 0.25) is 0 Å². The molecule has 0 unspecified atom stereocenters. The van der Waals surface area contributed by atoms with Gasteiger partial charge in [-0.05, 0) is 25.0 Å². The predicted molar refractivity (Wildman–Crippen MR) is 92.9 cm³/mol. The lowest BCUT2D eigenvalue weighted by molar-refractivity contribution is 0.554. The van der Waals surface area contributed by atoms with Gasteiger partial charge < -0.3 is 10.6 Å². The monoisotopic (exact) mass is 299 g/mol. The Kier molecular flexibility index (Phi) is 4.34. The van der Waals surface area contributed by atoms with E-state index in [0.717, 1.165) is 35.4 Å². The first-order valence-electron chi connectivity index (χ1n) is 7.70. The van der Waals surface area contributed by atoms with Crippen molar-refractivity contribution < 1.29 is 0 Å². The molecule has 1 saturated heterocycles. The van der Waals surface area contributed by atoms with E-state index in [-0.39, 0.29) is 0 Å². The molecule has 0 saturated carbocycles. The SMILES string of the molecule is NC(=S)c1cc(N2CCCCCCC2)nc2ccccc12. The van der Waals surface area contributed by atoms with Crippen LogP contribution >= 0.6 is 12.2 Å². The standard InChI is InChI=1S/C17H21N3S/c18-17(21)14-12-16(19-15-9-5-4-8-13(14)15)20-10-6-2-1-3-7-11-20/h4-5,8-9,12H,1-3,6-7,10-11H2,(H2,18,21). The molecule has 1 aliphatic heterocycles. The Balaban J connectivity index is 2.03. The van der Waals surface area contributed by atoms with Gasteiger partial charge in [-0.3, -0.25) is 0 Å².